The molecule has 2 aromatic carbocycles. The molecule has 4 heterocycles. The molecular formula is C28H31N7O2. The molecule has 5 aromatic rings. The van der Waals surface area contributed by atoms with Crippen LogP contribution in [0.15, 0.2) is 89.1 Å². The van der Waals surface area contributed by atoms with Crippen LogP contribution in [0.2, 0.25) is 0 Å². The molecule has 0 radical (unpaired) electrons. The van der Waals surface area contributed by atoms with Crippen molar-refractivity contribution in [1.29, 1.82) is 0 Å². The summed E-state index contributed by atoms with van der Waals surface area (Å²) >= 11 is 0. The number of aromatic nitrogens is 5. The Bertz CT molecular complexity index is 1480. The highest BCUT2D eigenvalue weighted by Gasteiger charge is 2.26. The van der Waals surface area contributed by atoms with Gasteiger partial charge in [-0.05, 0) is 48.7 Å². The Labute approximate surface area is 215 Å². The molecule has 1 aliphatic heterocycles. The van der Waals surface area contributed by atoms with Gasteiger partial charge in [0.25, 0.3) is 0 Å². The van der Waals surface area contributed by atoms with Crippen molar-refractivity contribution in [3.05, 3.63) is 102 Å². The van der Waals surface area contributed by atoms with E-state index in [0.29, 0.717) is 6.54 Å². The van der Waals surface area contributed by atoms with Gasteiger partial charge >= 0.3 is 5.76 Å². The Kier molecular flexibility index (Phi) is 6.70. The average Bonchev–Trinajstić information content (AvgIpc) is 3.70. The molecule has 190 valence electrons. The lowest BCUT2D eigenvalue weighted by molar-refractivity contribution is 0.0865. The lowest BCUT2D eigenvalue weighted by Gasteiger charge is -2.39. The fourth-order valence-corrected chi connectivity index (χ4v) is 5.38. The maximum atomic E-state index is 12.1. The topological polar surface area (TPSA) is 88.1 Å². The number of H-pyrrole nitrogens is 1. The second-order valence-electron chi connectivity index (χ2n) is 9.64. The van der Waals surface area contributed by atoms with Crippen LogP contribution in [0.1, 0.15) is 23.6 Å². The van der Waals surface area contributed by atoms with Crippen molar-refractivity contribution >= 4 is 10.9 Å². The van der Waals surface area contributed by atoms with Crippen LogP contribution in [0.3, 0.4) is 0 Å². The molecule has 37 heavy (non-hydrogen) atoms. The summed E-state index contributed by atoms with van der Waals surface area (Å²) in [5, 5.41) is 9.11. The van der Waals surface area contributed by atoms with Crippen molar-refractivity contribution in [2.24, 2.45) is 0 Å². The minimum Gasteiger partial charge on any atom is -0.416 e. The number of benzene rings is 2. The zero-order chi connectivity index (χ0) is 25.0. The Morgan fingerprint density at radius 3 is 2.57 bits per heavy atom. The van der Waals surface area contributed by atoms with Crippen molar-refractivity contribution in [3.63, 3.8) is 0 Å². The molecule has 1 atom stereocenters. The SMILES string of the molecule is O=c1occn1CC(c1ccccc1)N1CCN(CCCc2c[nH]c3ccc(-n4cnnc4)cc23)CC1. The summed E-state index contributed by atoms with van der Waals surface area (Å²) in [4.78, 5) is 20.5. The summed E-state index contributed by atoms with van der Waals surface area (Å²) in [6.07, 6.45) is 10.9. The van der Waals surface area contributed by atoms with Crippen LogP contribution in [-0.4, -0.2) is 66.8 Å². The molecule has 3 aromatic heterocycles. The zero-order valence-corrected chi connectivity index (χ0v) is 20.7. The van der Waals surface area contributed by atoms with E-state index in [4.69, 9.17) is 4.42 Å². The van der Waals surface area contributed by atoms with E-state index in [-0.39, 0.29) is 11.8 Å². The van der Waals surface area contributed by atoms with E-state index < -0.39 is 0 Å². The van der Waals surface area contributed by atoms with Crippen LogP contribution < -0.4 is 5.76 Å². The molecule has 0 saturated carbocycles. The van der Waals surface area contributed by atoms with Gasteiger partial charge < -0.3 is 14.3 Å². The van der Waals surface area contributed by atoms with Crippen LogP contribution in [0, 0.1) is 0 Å². The average molecular weight is 498 g/mol. The molecule has 1 fully saturated rings. The van der Waals surface area contributed by atoms with Gasteiger partial charge in [0.15, 0.2) is 0 Å². The zero-order valence-electron chi connectivity index (χ0n) is 20.7. The molecule has 0 bridgehead atoms. The Morgan fingerprint density at radius 1 is 1.00 bits per heavy atom. The van der Waals surface area contributed by atoms with E-state index in [2.05, 4.69) is 73.6 Å². The summed E-state index contributed by atoms with van der Waals surface area (Å²) in [6.45, 7) is 5.66. The number of nitrogens with zero attached hydrogens (tertiary/aromatic N) is 6. The van der Waals surface area contributed by atoms with Crippen molar-refractivity contribution in [3.8, 4) is 5.69 Å². The van der Waals surface area contributed by atoms with Gasteiger partial charge in [0.1, 0.15) is 18.9 Å². The maximum Gasteiger partial charge on any atom is 0.418 e. The Hall–Kier alpha value is -3.95. The summed E-state index contributed by atoms with van der Waals surface area (Å²) in [6, 6.07) is 17.0. The highest BCUT2D eigenvalue weighted by atomic mass is 16.4. The number of fused-ring (bicyclic) bond motifs is 1. The second-order valence-corrected chi connectivity index (χ2v) is 9.64. The van der Waals surface area contributed by atoms with E-state index in [9.17, 15) is 4.79 Å². The van der Waals surface area contributed by atoms with Gasteiger partial charge in [0, 0.05) is 61.7 Å². The van der Waals surface area contributed by atoms with E-state index in [1.165, 1.54) is 22.8 Å². The molecule has 0 amide bonds. The number of hydrogen-bond donors (Lipinski definition) is 1. The van der Waals surface area contributed by atoms with Gasteiger partial charge in [0.2, 0.25) is 0 Å². The molecule has 1 unspecified atom stereocenters. The van der Waals surface area contributed by atoms with Gasteiger partial charge in [-0.2, -0.15) is 0 Å². The van der Waals surface area contributed by atoms with E-state index in [0.717, 1.165) is 56.8 Å². The first-order valence-corrected chi connectivity index (χ1v) is 12.8. The predicted octanol–water partition coefficient (Wildman–Crippen LogP) is 3.50. The largest absolute Gasteiger partial charge is 0.418 e. The number of aryl methyl sites for hydroxylation is 1. The molecule has 0 spiro atoms. The number of piperazine rings is 1. The first-order valence-electron chi connectivity index (χ1n) is 12.8. The molecule has 1 aliphatic rings. The molecule has 1 saturated heterocycles. The lowest BCUT2D eigenvalue weighted by atomic mass is 10.0. The Balaban J connectivity index is 1.06. The number of aromatic amines is 1. The quantitative estimate of drug-likeness (QED) is 0.335. The lowest BCUT2D eigenvalue weighted by Crippen LogP contribution is -2.48. The van der Waals surface area contributed by atoms with Crippen LogP contribution in [0.4, 0.5) is 0 Å². The summed E-state index contributed by atoms with van der Waals surface area (Å²) < 4.78 is 8.60. The normalized spacial score (nSPS) is 15.9. The number of hydrogen-bond acceptors (Lipinski definition) is 6. The van der Waals surface area contributed by atoms with Gasteiger partial charge in [-0.3, -0.25) is 14.0 Å². The minimum atomic E-state index is -0.300. The van der Waals surface area contributed by atoms with Crippen molar-refractivity contribution in [2.75, 3.05) is 32.7 Å². The highest BCUT2D eigenvalue weighted by Crippen LogP contribution is 2.25. The standard InChI is InChI=1S/C28H31N7O2/c36-28-34(15-16-37-28)19-27(22-5-2-1-3-6-22)33-13-11-32(12-14-33)10-4-7-23-18-29-26-9-8-24(17-25(23)26)35-20-30-31-21-35/h1-3,5-6,8-9,15-18,20-21,27,29H,4,7,10-14,19H2. The van der Waals surface area contributed by atoms with Gasteiger partial charge in [-0.15, -0.1) is 10.2 Å². The number of rotatable bonds is 9. The predicted molar refractivity (Wildman–Crippen MR) is 142 cm³/mol. The van der Waals surface area contributed by atoms with Crippen LogP contribution in [0.5, 0.6) is 0 Å². The Morgan fingerprint density at radius 2 is 1.81 bits per heavy atom. The van der Waals surface area contributed by atoms with Crippen LogP contribution in [-0.2, 0) is 13.0 Å². The molecular weight excluding hydrogens is 466 g/mol. The van der Waals surface area contributed by atoms with Crippen molar-refractivity contribution in [2.45, 2.75) is 25.4 Å². The van der Waals surface area contributed by atoms with Gasteiger partial charge in [-0.25, -0.2) is 4.79 Å². The maximum absolute atomic E-state index is 12.1. The van der Waals surface area contributed by atoms with E-state index in [1.54, 1.807) is 23.4 Å². The van der Waals surface area contributed by atoms with E-state index >= 15 is 0 Å². The first kappa shape index (κ1) is 23.4. The molecule has 9 heteroatoms. The monoisotopic (exact) mass is 497 g/mol. The van der Waals surface area contributed by atoms with Gasteiger partial charge in [-0.1, -0.05) is 30.3 Å². The van der Waals surface area contributed by atoms with Gasteiger partial charge in [0.05, 0.1) is 6.04 Å². The van der Waals surface area contributed by atoms with Crippen LogP contribution >= 0.6 is 0 Å². The third-order valence-electron chi connectivity index (χ3n) is 7.43. The van der Waals surface area contributed by atoms with E-state index in [1.807, 2.05) is 10.6 Å². The van der Waals surface area contributed by atoms with Crippen molar-refractivity contribution < 1.29 is 4.42 Å². The summed E-state index contributed by atoms with van der Waals surface area (Å²) in [7, 11) is 0. The smallest absolute Gasteiger partial charge is 0.416 e. The highest BCUT2D eigenvalue weighted by molar-refractivity contribution is 5.85. The first-order chi connectivity index (χ1) is 18.2. The fraction of sp³-hybridized carbons (Fsp3) is 0.321. The molecule has 0 aliphatic carbocycles. The minimum absolute atomic E-state index is 0.143. The molecule has 1 N–H and O–H groups in total. The second kappa shape index (κ2) is 10.6. The summed E-state index contributed by atoms with van der Waals surface area (Å²) in [5.41, 5.74) is 4.80. The molecule has 9 nitrogen and oxygen atoms in total. The number of nitrogens with one attached hydrogen (secondary N) is 1. The van der Waals surface area contributed by atoms with Crippen molar-refractivity contribution in [1.82, 2.24) is 34.1 Å². The summed E-state index contributed by atoms with van der Waals surface area (Å²) in [5.74, 6) is -0.300. The van der Waals surface area contributed by atoms with Crippen LogP contribution in [0.25, 0.3) is 16.6 Å². The third-order valence-corrected chi connectivity index (χ3v) is 7.43. The third kappa shape index (κ3) is 5.14. The molecule has 6 rings (SSSR count). The fourth-order valence-electron chi connectivity index (χ4n) is 5.38. The number of oxazole rings is 1.